The van der Waals surface area contributed by atoms with E-state index < -0.39 is 0 Å². The van der Waals surface area contributed by atoms with E-state index >= 15 is 0 Å². The number of aromatic nitrogens is 2. The number of carbonyl (C=O) groups excluding carboxylic acids is 1. The zero-order chi connectivity index (χ0) is 26.2. The van der Waals surface area contributed by atoms with E-state index in [0.717, 1.165) is 46.9 Å². The number of benzene rings is 2. The van der Waals surface area contributed by atoms with Crippen molar-refractivity contribution in [1.29, 1.82) is 5.41 Å². The van der Waals surface area contributed by atoms with Crippen molar-refractivity contribution in [2.24, 2.45) is 11.7 Å². The minimum Gasteiger partial charge on any atom is -0.484 e. The van der Waals surface area contributed by atoms with Crippen molar-refractivity contribution in [2.45, 2.75) is 26.8 Å². The van der Waals surface area contributed by atoms with Crippen LogP contribution < -0.4 is 26.4 Å². The zero-order valence-corrected chi connectivity index (χ0v) is 21.2. The summed E-state index contributed by atoms with van der Waals surface area (Å²) in [7, 11) is 0. The fraction of sp³-hybridized carbons (Fsp3) is 0.286. The molecule has 0 aliphatic carbocycles. The number of nitrogens with zero attached hydrogens (tertiary/aromatic N) is 2. The van der Waals surface area contributed by atoms with Crippen molar-refractivity contribution < 1.29 is 9.53 Å². The number of amides is 1. The third-order valence-corrected chi connectivity index (χ3v) is 5.92. The van der Waals surface area contributed by atoms with E-state index in [1.165, 1.54) is 12.4 Å². The third kappa shape index (κ3) is 6.71. The smallest absolute Gasteiger partial charge is 0.257 e. The highest BCUT2D eigenvalue weighted by atomic mass is 16.5. The number of carbonyl (C=O) groups is 1. The molecule has 9 heteroatoms. The molecular formula is C28H33N7O2. The molecular weight excluding hydrogens is 466 g/mol. The van der Waals surface area contributed by atoms with Gasteiger partial charge in [0.25, 0.3) is 5.91 Å². The van der Waals surface area contributed by atoms with E-state index in [1.807, 2.05) is 62.4 Å². The molecule has 0 unspecified atom stereocenters. The second-order valence-electron chi connectivity index (χ2n) is 9.23. The van der Waals surface area contributed by atoms with Gasteiger partial charge in [-0.15, -0.1) is 0 Å². The highest BCUT2D eigenvalue weighted by molar-refractivity contribution is 6.08. The number of fused-ring (bicyclic) bond motifs is 1. The Morgan fingerprint density at radius 2 is 2.03 bits per heavy atom. The number of rotatable bonds is 10. The predicted octanol–water partition coefficient (Wildman–Crippen LogP) is 3.63. The molecule has 0 saturated heterocycles. The van der Waals surface area contributed by atoms with E-state index in [9.17, 15) is 4.79 Å². The summed E-state index contributed by atoms with van der Waals surface area (Å²) in [6.45, 7) is 6.19. The van der Waals surface area contributed by atoms with Crippen LogP contribution in [0.2, 0.25) is 0 Å². The Bertz CT molecular complexity index is 1290. The number of allylic oxidation sites excluding steroid dienone is 1. The van der Waals surface area contributed by atoms with E-state index in [0.29, 0.717) is 36.2 Å². The molecule has 192 valence electrons. The molecule has 0 fully saturated rings. The molecule has 1 aliphatic heterocycles. The number of hydrogen-bond acceptors (Lipinski definition) is 8. The third-order valence-electron chi connectivity index (χ3n) is 5.92. The lowest BCUT2D eigenvalue weighted by molar-refractivity contribution is -0.123. The standard InChI is InChI=1S/C28H33N7O2/c1-18(2)15-32-26(36)17-37-23-5-3-4-20(12-23)27-34-25-10-11-31-16-24(25)28(35-27)33-22-8-6-19(7-9-22)21(13-29)14-30/h3-9,12-14,18,29,31H,10-11,15-17,30H2,1-2H3,(H,32,36)(H,33,34,35)/b21-14+,29-13?. The Hall–Kier alpha value is -4.24. The summed E-state index contributed by atoms with van der Waals surface area (Å²) in [5.74, 6) is 2.14. The minimum atomic E-state index is -0.149. The molecule has 1 aromatic heterocycles. The number of hydrogen-bond donors (Lipinski definition) is 5. The zero-order valence-electron chi connectivity index (χ0n) is 21.2. The maximum Gasteiger partial charge on any atom is 0.257 e. The van der Waals surface area contributed by atoms with Gasteiger partial charge < -0.3 is 31.8 Å². The van der Waals surface area contributed by atoms with Gasteiger partial charge in [0, 0.05) is 60.9 Å². The summed E-state index contributed by atoms with van der Waals surface area (Å²) in [5.41, 5.74) is 10.8. The van der Waals surface area contributed by atoms with Crippen LogP contribution in [0.5, 0.6) is 5.75 Å². The van der Waals surface area contributed by atoms with Gasteiger partial charge >= 0.3 is 0 Å². The van der Waals surface area contributed by atoms with Gasteiger partial charge in [0.15, 0.2) is 12.4 Å². The topological polar surface area (TPSA) is 138 Å². The van der Waals surface area contributed by atoms with Crippen LogP contribution in [-0.2, 0) is 17.8 Å². The lowest BCUT2D eigenvalue weighted by Crippen LogP contribution is -2.31. The van der Waals surface area contributed by atoms with Gasteiger partial charge in [0.2, 0.25) is 0 Å². The molecule has 9 nitrogen and oxygen atoms in total. The highest BCUT2D eigenvalue weighted by Gasteiger charge is 2.19. The lowest BCUT2D eigenvalue weighted by Gasteiger charge is -2.21. The molecule has 37 heavy (non-hydrogen) atoms. The van der Waals surface area contributed by atoms with E-state index in [1.54, 1.807) is 0 Å². The average molecular weight is 500 g/mol. The van der Waals surface area contributed by atoms with Crippen LogP contribution in [0.4, 0.5) is 11.5 Å². The van der Waals surface area contributed by atoms with Crippen LogP contribution in [0.1, 0.15) is 30.7 Å². The number of anilines is 2. The van der Waals surface area contributed by atoms with Crippen molar-refractivity contribution in [3.8, 4) is 17.1 Å². The van der Waals surface area contributed by atoms with Crippen LogP contribution in [0.3, 0.4) is 0 Å². The van der Waals surface area contributed by atoms with Gasteiger partial charge in [-0.1, -0.05) is 38.1 Å². The van der Waals surface area contributed by atoms with Gasteiger partial charge in [0.1, 0.15) is 11.6 Å². The molecule has 0 radical (unpaired) electrons. The quantitative estimate of drug-likeness (QED) is 0.269. The van der Waals surface area contributed by atoms with E-state index in [2.05, 4.69) is 16.0 Å². The van der Waals surface area contributed by atoms with Gasteiger partial charge in [0.05, 0.1) is 5.69 Å². The Morgan fingerprint density at radius 3 is 2.76 bits per heavy atom. The SMILES string of the molecule is CC(C)CNC(=O)COc1cccc(-c2nc3c(c(Nc4ccc(/C(C=N)=C/N)cc4)n2)CNCC3)c1. The molecule has 2 aromatic carbocycles. The molecule has 6 N–H and O–H groups in total. The predicted molar refractivity (Wildman–Crippen MR) is 147 cm³/mol. The molecule has 0 saturated carbocycles. The fourth-order valence-electron chi connectivity index (χ4n) is 3.93. The molecule has 1 amide bonds. The van der Waals surface area contributed by atoms with Crippen molar-refractivity contribution in [1.82, 2.24) is 20.6 Å². The van der Waals surface area contributed by atoms with E-state index in [4.69, 9.17) is 25.8 Å². The van der Waals surface area contributed by atoms with Crippen molar-refractivity contribution in [3.63, 3.8) is 0 Å². The first-order chi connectivity index (χ1) is 18.0. The summed E-state index contributed by atoms with van der Waals surface area (Å²) >= 11 is 0. The lowest BCUT2D eigenvalue weighted by atomic mass is 10.1. The molecule has 0 atom stereocenters. The normalized spacial score (nSPS) is 13.1. The van der Waals surface area contributed by atoms with Crippen LogP contribution in [-0.4, -0.2) is 41.8 Å². The molecule has 3 aromatic rings. The van der Waals surface area contributed by atoms with Crippen LogP contribution in [0.25, 0.3) is 17.0 Å². The fourth-order valence-corrected chi connectivity index (χ4v) is 3.93. The first-order valence-electron chi connectivity index (χ1n) is 12.4. The second kappa shape index (κ2) is 12.1. The molecule has 4 rings (SSSR count). The Morgan fingerprint density at radius 1 is 1.22 bits per heavy atom. The Labute approximate surface area is 217 Å². The number of nitrogens with two attached hydrogens (primary N) is 1. The van der Waals surface area contributed by atoms with Crippen LogP contribution in [0.15, 0.2) is 54.7 Å². The summed E-state index contributed by atoms with van der Waals surface area (Å²) < 4.78 is 5.73. The minimum absolute atomic E-state index is 0.0469. The Balaban J connectivity index is 1.56. The van der Waals surface area contributed by atoms with Gasteiger partial charge in [-0.05, 0) is 35.7 Å². The maximum atomic E-state index is 12.1. The van der Waals surface area contributed by atoms with Crippen molar-refractivity contribution >= 4 is 29.2 Å². The molecule has 2 heterocycles. The van der Waals surface area contributed by atoms with Crippen molar-refractivity contribution in [3.05, 3.63) is 71.6 Å². The highest BCUT2D eigenvalue weighted by Crippen LogP contribution is 2.29. The first kappa shape index (κ1) is 25.8. The maximum absolute atomic E-state index is 12.1. The van der Waals surface area contributed by atoms with Crippen LogP contribution >= 0.6 is 0 Å². The molecule has 1 aliphatic rings. The Kier molecular flexibility index (Phi) is 8.48. The molecule has 0 spiro atoms. The van der Waals surface area contributed by atoms with Gasteiger partial charge in [-0.3, -0.25) is 4.79 Å². The summed E-state index contributed by atoms with van der Waals surface area (Å²) in [5, 5.41) is 17.2. The monoisotopic (exact) mass is 499 g/mol. The van der Waals surface area contributed by atoms with Gasteiger partial charge in [-0.2, -0.15) is 0 Å². The summed E-state index contributed by atoms with van der Waals surface area (Å²) in [4.78, 5) is 21.8. The molecule has 0 bridgehead atoms. The van der Waals surface area contributed by atoms with Crippen LogP contribution in [0, 0.1) is 11.3 Å². The number of nitrogens with one attached hydrogen (secondary N) is 4. The number of ether oxygens (including phenoxy) is 1. The van der Waals surface area contributed by atoms with Crippen molar-refractivity contribution in [2.75, 3.05) is 25.0 Å². The average Bonchev–Trinajstić information content (AvgIpc) is 2.92. The largest absolute Gasteiger partial charge is 0.484 e. The van der Waals surface area contributed by atoms with Gasteiger partial charge in [-0.25, -0.2) is 9.97 Å². The summed E-state index contributed by atoms with van der Waals surface area (Å²) in [6, 6.07) is 15.2. The van der Waals surface area contributed by atoms with E-state index in [-0.39, 0.29) is 12.5 Å². The summed E-state index contributed by atoms with van der Waals surface area (Å²) in [6.07, 6.45) is 3.45. The second-order valence-corrected chi connectivity index (χ2v) is 9.23. The first-order valence-corrected chi connectivity index (χ1v) is 12.4.